The zero-order chi connectivity index (χ0) is 15.5. The lowest BCUT2D eigenvalue weighted by Gasteiger charge is -2.11. The predicted octanol–water partition coefficient (Wildman–Crippen LogP) is 0.999. The van der Waals surface area contributed by atoms with Crippen molar-refractivity contribution in [3.05, 3.63) is 48.5 Å². The van der Waals surface area contributed by atoms with Crippen LogP contribution in [0.2, 0.25) is 0 Å². The standard InChI is InChI=1S/C14H15N3O3S/c15-10-5-7-11(8-6-10)21(19,20)13-4-2-1-3-12(13)17-9-14(16)18/h1-8,17H,9,15H2,(H2,16,18). The number of carbonyl (C=O) groups is 1. The number of benzene rings is 2. The number of nitrogens with one attached hydrogen (secondary N) is 1. The Morgan fingerprint density at radius 2 is 1.67 bits per heavy atom. The van der Waals surface area contributed by atoms with Gasteiger partial charge >= 0.3 is 0 Å². The molecule has 0 unspecified atom stereocenters. The van der Waals surface area contributed by atoms with E-state index < -0.39 is 15.7 Å². The van der Waals surface area contributed by atoms with Gasteiger partial charge in [-0.3, -0.25) is 4.79 Å². The molecule has 0 atom stereocenters. The zero-order valence-corrected chi connectivity index (χ0v) is 11.9. The monoisotopic (exact) mass is 305 g/mol. The first kappa shape index (κ1) is 14.9. The number of rotatable bonds is 5. The van der Waals surface area contributed by atoms with Gasteiger partial charge in [-0.15, -0.1) is 0 Å². The number of amides is 1. The van der Waals surface area contributed by atoms with E-state index in [1.54, 1.807) is 18.2 Å². The van der Waals surface area contributed by atoms with E-state index >= 15 is 0 Å². The SMILES string of the molecule is NC(=O)CNc1ccccc1S(=O)(=O)c1ccc(N)cc1. The fraction of sp³-hybridized carbons (Fsp3) is 0.0714. The Balaban J connectivity index is 2.45. The molecule has 7 heteroatoms. The minimum Gasteiger partial charge on any atom is -0.399 e. The summed E-state index contributed by atoms with van der Waals surface area (Å²) in [5.41, 5.74) is 11.4. The lowest BCUT2D eigenvalue weighted by Crippen LogP contribution is -2.22. The highest BCUT2D eigenvalue weighted by Crippen LogP contribution is 2.27. The molecule has 21 heavy (non-hydrogen) atoms. The highest BCUT2D eigenvalue weighted by molar-refractivity contribution is 7.91. The molecule has 0 saturated heterocycles. The van der Waals surface area contributed by atoms with Gasteiger partial charge in [0.05, 0.1) is 22.0 Å². The second-order valence-corrected chi connectivity index (χ2v) is 6.31. The van der Waals surface area contributed by atoms with Gasteiger partial charge in [0.1, 0.15) is 0 Å². The molecule has 0 aliphatic carbocycles. The largest absolute Gasteiger partial charge is 0.399 e. The van der Waals surface area contributed by atoms with Crippen molar-refractivity contribution in [2.24, 2.45) is 5.73 Å². The zero-order valence-electron chi connectivity index (χ0n) is 11.1. The molecule has 0 radical (unpaired) electrons. The lowest BCUT2D eigenvalue weighted by molar-refractivity contribution is -0.116. The number of anilines is 2. The molecule has 110 valence electrons. The van der Waals surface area contributed by atoms with E-state index in [1.165, 1.54) is 30.3 Å². The molecule has 1 amide bonds. The number of hydrogen-bond acceptors (Lipinski definition) is 5. The second-order valence-electron chi connectivity index (χ2n) is 4.39. The van der Waals surface area contributed by atoms with E-state index in [9.17, 15) is 13.2 Å². The molecule has 0 saturated carbocycles. The summed E-state index contributed by atoms with van der Waals surface area (Å²) < 4.78 is 25.2. The van der Waals surface area contributed by atoms with E-state index in [0.717, 1.165) is 0 Å². The third-order valence-electron chi connectivity index (χ3n) is 2.82. The summed E-state index contributed by atoms with van der Waals surface area (Å²) in [5, 5.41) is 2.72. The van der Waals surface area contributed by atoms with E-state index in [1.807, 2.05) is 0 Å². The van der Waals surface area contributed by atoms with Crippen molar-refractivity contribution in [2.75, 3.05) is 17.6 Å². The maximum atomic E-state index is 12.6. The average Bonchev–Trinajstić information content (AvgIpc) is 2.46. The molecule has 2 aromatic carbocycles. The maximum absolute atomic E-state index is 12.6. The van der Waals surface area contributed by atoms with Gasteiger partial charge in [-0.1, -0.05) is 12.1 Å². The van der Waals surface area contributed by atoms with Crippen LogP contribution in [0.3, 0.4) is 0 Å². The number of primary amides is 1. The molecule has 0 aliphatic rings. The Hall–Kier alpha value is -2.54. The third-order valence-corrected chi connectivity index (χ3v) is 4.65. The van der Waals surface area contributed by atoms with Crippen molar-refractivity contribution in [2.45, 2.75) is 9.79 Å². The molecule has 6 nitrogen and oxygen atoms in total. The molecule has 0 fully saturated rings. The van der Waals surface area contributed by atoms with Crippen LogP contribution in [-0.4, -0.2) is 20.9 Å². The first-order valence-electron chi connectivity index (χ1n) is 6.13. The molecule has 5 N–H and O–H groups in total. The normalized spacial score (nSPS) is 11.0. The predicted molar refractivity (Wildman–Crippen MR) is 80.4 cm³/mol. The average molecular weight is 305 g/mol. The van der Waals surface area contributed by atoms with Gasteiger partial charge in [-0.05, 0) is 36.4 Å². The first-order valence-corrected chi connectivity index (χ1v) is 7.61. The fourth-order valence-corrected chi connectivity index (χ4v) is 3.24. The summed E-state index contributed by atoms with van der Waals surface area (Å²) in [5.74, 6) is -0.574. The van der Waals surface area contributed by atoms with Crippen LogP contribution in [0.15, 0.2) is 58.3 Å². The van der Waals surface area contributed by atoms with Gasteiger partial charge < -0.3 is 16.8 Å². The van der Waals surface area contributed by atoms with Gasteiger partial charge in [0.2, 0.25) is 15.7 Å². The molecule has 0 bridgehead atoms. The van der Waals surface area contributed by atoms with Crippen LogP contribution in [-0.2, 0) is 14.6 Å². The molecule has 2 rings (SSSR count). The Labute approximate surface area is 122 Å². The quantitative estimate of drug-likeness (QED) is 0.713. The summed E-state index contributed by atoms with van der Waals surface area (Å²) >= 11 is 0. The van der Waals surface area contributed by atoms with Crippen LogP contribution >= 0.6 is 0 Å². The van der Waals surface area contributed by atoms with Crippen molar-refractivity contribution in [3.8, 4) is 0 Å². The minimum atomic E-state index is -3.70. The molecule has 0 aromatic heterocycles. The van der Waals surface area contributed by atoms with Gasteiger partial charge in [0.15, 0.2) is 0 Å². The summed E-state index contributed by atoms with van der Waals surface area (Å²) in [6, 6.07) is 12.2. The summed E-state index contributed by atoms with van der Waals surface area (Å²) in [6.45, 7) is -0.145. The fourth-order valence-electron chi connectivity index (χ4n) is 1.80. The molecule has 0 aliphatic heterocycles. The molecule has 0 spiro atoms. The van der Waals surface area contributed by atoms with Crippen molar-refractivity contribution < 1.29 is 13.2 Å². The first-order chi connectivity index (χ1) is 9.91. The number of sulfone groups is 1. The van der Waals surface area contributed by atoms with Gasteiger partial charge in [-0.2, -0.15) is 0 Å². The summed E-state index contributed by atoms with van der Waals surface area (Å²) in [4.78, 5) is 11.0. The molecular formula is C14H15N3O3S. The van der Waals surface area contributed by atoms with E-state index in [4.69, 9.17) is 11.5 Å². The maximum Gasteiger partial charge on any atom is 0.236 e. The van der Waals surface area contributed by atoms with Gasteiger partial charge in [-0.25, -0.2) is 8.42 Å². The Kier molecular flexibility index (Phi) is 4.13. The van der Waals surface area contributed by atoms with Crippen LogP contribution in [0.1, 0.15) is 0 Å². The van der Waals surface area contributed by atoms with Crippen molar-refractivity contribution in [1.29, 1.82) is 0 Å². The summed E-state index contributed by atoms with van der Waals surface area (Å²) in [6.07, 6.45) is 0. The van der Waals surface area contributed by atoms with Crippen molar-refractivity contribution in [3.63, 3.8) is 0 Å². The van der Waals surface area contributed by atoms with Crippen LogP contribution in [0.4, 0.5) is 11.4 Å². The van der Waals surface area contributed by atoms with Crippen LogP contribution < -0.4 is 16.8 Å². The van der Waals surface area contributed by atoms with E-state index in [-0.39, 0.29) is 16.3 Å². The Bertz CT molecular complexity index is 755. The number of carbonyl (C=O) groups excluding carboxylic acids is 1. The second kappa shape index (κ2) is 5.84. The number of para-hydroxylation sites is 1. The number of hydrogen-bond donors (Lipinski definition) is 3. The van der Waals surface area contributed by atoms with Crippen LogP contribution in [0.5, 0.6) is 0 Å². The Morgan fingerprint density at radius 1 is 1.05 bits per heavy atom. The Morgan fingerprint density at radius 3 is 2.29 bits per heavy atom. The topological polar surface area (TPSA) is 115 Å². The number of nitrogens with two attached hydrogens (primary N) is 2. The van der Waals surface area contributed by atoms with Crippen molar-refractivity contribution in [1.82, 2.24) is 0 Å². The van der Waals surface area contributed by atoms with Crippen LogP contribution in [0.25, 0.3) is 0 Å². The lowest BCUT2D eigenvalue weighted by atomic mass is 10.3. The minimum absolute atomic E-state index is 0.0796. The molecule has 2 aromatic rings. The number of nitrogen functional groups attached to an aromatic ring is 1. The molecule has 0 heterocycles. The molecular weight excluding hydrogens is 290 g/mol. The van der Waals surface area contributed by atoms with Gasteiger partial charge in [0.25, 0.3) is 0 Å². The van der Waals surface area contributed by atoms with E-state index in [0.29, 0.717) is 11.4 Å². The summed E-state index contributed by atoms with van der Waals surface area (Å²) in [7, 11) is -3.70. The highest BCUT2D eigenvalue weighted by atomic mass is 32.2. The highest BCUT2D eigenvalue weighted by Gasteiger charge is 2.21. The third kappa shape index (κ3) is 3.32. The van der Waals surface area contributed by atoms with Crippen LogP contribution in [0, 0.1) is 0 Å². The van der Waals surface area contributed by atoms with Crippen molar-refractivity contribution >= 4 is 27.1 Å². The smallest absolute Gasteiger partial charge is 0.236 e. The van der Waals surface area contributed by atoms with E-state index in [2.05, 4.69) is 5.32 Å². The van der Waals surface area contributed by atoms with Gasteiger partial charge in [0, 0.05) is 5.69 Å².